The van der Waals surface area contributed by atoms with Gasteiger partial charge in [0.05, 0.1) is 31.4 Å². The molecular formula is C29H32F3N5O3. The molecule has 0 bridgehead atoms. The number of piperidine rings is 1. The van der Waals surface area contributed by atoms with Crippen LogP contribution in [-0.4, -0.2) is 70.1 Å². The fourth-order valence-corrected chi connectivity index (χ4v) is 6.25. The molecule has 3 aliphatic heterocycles. The Kier molecular flexibility index (Phi) is 6.71. The SMILES string of the molecule is CN1CC[C@H](O)[C@@H](Cc2cc3c(c(C(F)(F)F)c2)CN(c2cccc(C4(Cc5nncn5C)COC4)c2)C3=O)C1. The summed E-state index contributed by atoms with van der Waals surface area (Å²) in [7, 11) is 3.81. The number of aliphatic hydroxyl groups is 1. The van der Waals surface area contributed by atoms with Crippen molar-refractivity contribution < 1.29 is 27.8 Å². The third-order valence-corrected chi connectivity index (χ3v) is 8.63. The molecule has 0 radical (unpaired) electrons. The highest BCUT2D eigenvalue weighted by Crippen LogP contribution is 2.42. The highest BCUT2D eigenvalue weighted by atomic mass is 19.4. The monoisotopic (exact) mass is 555 g/mol. The van der Waals surface area contributed by atoms with Crippen LogP contribution in [0.3, 0.4) is 0 Å². The molecule has 1 N–H and O–H groups in total. The maximum Gasteiger partial charge on any atom is 0.416 e. The van der Waals surface area contributed by atoms with Crippen LogP contribution in [0.5, 0.6) is 0 Å². The normalized spacial score (nSPS) is 22.9. The number of carbonyl (C=O) groups excluding carboxylic acids is 1. The van der Waals surface area contributed by atoms with Crippen LogP contribution in [0.15, 0.2) is 42.7 Å². The topological polar surface area (TPSA) is 83.7 Å². The van der Waals surface area contributed by atoms with Crippen LogP contribution in [-0.2, 0) is 42.8 Å². The van der Waals surface area contributed by atoms with Crippen LogP contribution >= 0.6 is 0 Å². The van der Waals surface area contributed by atoms with Crippen molar-refractivity contribution in [3.8, 4) is 0 Å². The van der Waals surface area contributed by atoms with E-state index < -0.39 is 23.8 Å². The molecule has 0 unspecified atom stereocenters. The lowest BCUT2D eigenvalue weighted by atomic mass is 9.75. The molecule has 11 heteroatoms. The summed E-state index contributed by atoms with van der Waals surface area (Å²) in [6.07, 6.45) is -2.12. The van der Waals surface area contributed by atoms with Gasteiger partial charge in [-0.05, 0) is 60.8 Å². The van der Waals surface area contributed by atoms with Gasteiger partial charge in [0.15, 0.2) is 0 Å². The summed E-state index contributed by atoms with van der Waals surface area (Å²) in [5.74, 6) is 0.153. The van der Waals surface area contributed by atoms with Crippen LogP contribution < -0.4 is 4.90 Å². The highest BCUT2D eigenvalue weighted by Gasteiger charge is 2.44. The zero-order chi connectivity index (χ0) is 28.2. The number of fused-ring (bicyclic) bond motifs is 1. The molecule has 1 aromatic heterocycles. The first kappa shape index (κ1) is 26.9. The van der Waals surface area contributed by atoms with Crippen LogP contribution in [0.25, 0.3) is 0 Å². The Hall–Kier alpha value is -3.28. The quantitative estimate of drug-likeness (QED) is 0.503. The molecule has 6 rings (SSSR count). The number of aromatic nitrogens is 3. The second-order valence-electron chi connectivity index (χ2n) is 11.5. The fraction of sp³-hybridized carbons (Fsp3) is 0.483. The van der Waals surface area contributed by atoms with E-state index in [2.05, 4.69) is 15.1 Å². The van der Waals surface area contributed by atoms with E-state index in [4.69, 9.17) is 4.74 Å². The summed E-state index contributed by atoms with van der Waals surface area (Å²) >= 11 is 0. The smallest absolute Gasteiger partial charge is 0.393 e. The number of rotatable bonds is 6. The van der Waals surface area contributed by atoms with Gasteiger partial charge >= 0.3 is 6.18 Å². The van der Waals surface area contributed by atoms with Crippen molar-refractivity contribution in [2.75, 3.05) is 38.3 Å². The van der Waals surface area contributed by atoms with Crippen molar-refractivity contribution in [3.05, 3.63) is 76.4 Å². The minimum atomic E-state index is -4.61. The zero-order valence-corrected chi connectivity index (χ0v) is 22.5. The first-order valence-corrected chi connectivity index (χ1v) is 13.5. The second-order valence-corrected chi connectivity index (χ2v) is 11.5. The number of ether oxygens (including phenoxy) is 1. The molecule has 8 nitrogen and oxygen atoms in total. The second kappa shape index (κ2) is 9.97. The van der Waals surface area contributed by atoms with Gasteiger partial charge in [-0.3, -0.25) is 4.79 Å². The van der Waals surface area contributed by atoms with Crippen LogP contribution in [0, 0.1) is 5.92 Å². The maximum absolute atomic E-state index is 14.3. The zero-order valence-electron chi connectivity index (χ0n) is 22.5. The Labute approximate surface area is 230 Å². The molecule has 0 aliphatic carbocycles. The predicted octanol–water partition coefficient (Wildman–Crippen LogP) is 3.36. The number of benzene rings is 2. The third kappa shape index (κ3) is 4.80. The van der Waals surface area contributed by atoms with E-state index in [0.29, 0.717) is 43.9 Å². The van der Waals surface area contributed by atoms with Crippen molar-refractivity contribution in [1.29, 1.82) is 0 Å². The molecule has 2 aromatic carbocycles. The van der Waals surface area contributed by atoms with E-state index in [1.807, 2.05) is 36.9 Å². The molecular weight excluding hydrogens is 523 g/mol. The molecule has 3 aromatic rings. The number of alkyl halides is 3. The van der Waals surface area contributed by atoms with Gasteiger partial charge < -0.3 is 24.2 Å². The highest BCUT2D eigenvalue weighted by molar-refractivity contribution is 6.10. The molecule has 40 heavy (non-hydrogen) atoms. The summed E-state index contributed by atoms with van der Waals surface area (Å²) in [6, 6.07) is 10.2. The van der Waals surface area contributed by atoms with Crippen LogP contribution in [0.1, 0.15) is 44.9 Å². The number of hydrogen-bond acceptors (Lipinski definition) is 6. The van der Waals surface area contributed by atoms with E-state index in [9.17, 15) is 23.1 Å². The number of hydrogen-bond donors (Lipinski definition) is 1. The number of amides is 1. The molecule has 2 atom stereocenters. The number of aryl methyl sites for hydroxylation is 1. The molecule has 4 heterocycles. The van der Waals surface area contributed by atoms with Gasteiger partial charge in [-0.2, -0.15) is 13.2 Å². The Bertz CT molecular complexity index is 1430. The molecule has 2 fully saturated rings. The Morgan fingerprint density at radius 3 is 2.65 bits per heavy atom. The summed E-state index contributed by atoms with van der Waals surface area (Å²) in [6.45, 7) is 2.12. The average Bonchev–Trinajstić information content (AvgIpc) is 3.45. The molecule has 212 valence electrons. The standard InChI is InChI=1S/C29H32F3N5O3/c1-35-7-6-25(38)19(13-35)8-18-9-22-23(24(10-18)29(30,31)32)14-37(27(22)39)21-5-3-4-20(11-21)28(15-40-16-28)12-26-34-33-17-36(26)2/h3-5,9-11,17,19,25,38H,6-8,12-16H2,1-2H3/t19-,25-/m0/s1. The average molecular weight is 556 g/mol. The molecule has 0 spiro atoms. The van der Waals surface area contributed by atoms with Crippen LogP contribution in [0.4, 0.5) is 18.9 Å². The van der Waals surface area contributed by atoms with E-state index >= 15 is 0 Å². The summed E-state index contributed by atoms with van der Waals surface area (Å²) < 4.78 is 50.2. The van der Waals surface area contributed by atoms with Crippen molar-refractivity contribution in [3.63, 3.8) is 0 Å². The van der Waals surface area contributed by atoms with E-state index in [-0.39, 0.29) is 35.4 Å². The van der Waals surface area contributed by atoms with E-state index in [1.54, 1.807) is 18.5 Å². The summed E-state index contributed by atoms with van der Waals surface area (Å²) in [5.41, 5.74) is 0.839. The van der Waals surface area contributed by atoms with Gasteiger partial charge in [-0.1, -0.05) is 12.1 Å². The van der Waals surface area contributed by atoms with Crippen molar-refractivity contribution in [2.45, 2.75) is 43.5 Å². The van der Waals surface area contributed by atoms with Crippen molar-refractivity contribution >= 4 is 11.6 Å². The fourth-order valence-electron chi connectivity index (χ4n) is 6.25. The lowest BCUT2D eigenvalue weighted by Crippen LogP contribution is -2.49. The first-order chi connectivity index (χ1) is 19.0. The minimum absolute atomic E-state index is 0.00580. The van der Waals surface area contributed by atoms with Crippen molar-refractivity contribution in [1.82, 2.24) is 19.7 Å². The minimum Gasteiger partial charge on any atom is -0.393 e. The van der Waals surface area contributed by atoms with Gasteiger partial charge in [0.1, 0.15) is 12.2 Å². The number of halogens is 3. The Morgan fingerprint density at radius 2 is 1.98 bits per heavy atom. The summed E-state index contributed by atoms with van der Waals surface area (Å²) in [5, 5.41) is 18.7. The largest absolute Gasteiger partial charge is 0.416 e. The third-order valence-electron chi connectivity index (χ3n) is 8.63. The van der Waals surface area contributed by atoms with Crippen LogP contribution in [0.2, 0.25) is 0 Å². The maximum atomic E-state index is 14.3. The number of aliphatic hydroxyl groups excluding tert-OH is 1. The lowest BCUT2D eigenvalue weighted by molar-refractivity contribution is -0.138. The molecule has 3 aliphatic rings. The number of carbonyl (C=O) groups is 1. The van der Waals surface area contributed by atoms with Gasteiger partial charge in [-0.25, -0.2) is 0 Å². The van der Waals surface area contributed by atoms with Crippen molar-refractivity contribution in [2.24, 2.45) is 13.0 Å². The van der Waals surface area contributed by atoms with Gasteiger partial charge in [-0.15, -0.1) is 10.2 Å². The first-order valence-electron chi connectivity index (χ1n) is 13.5. The van der Waals surface area contributed by atoms with Gasteiger partial charge in [0.25, 0.3) is 5.91 Å². The molecule has 0 saturated carbocycles. The van der Waals surface area contributed by atoms with Gasteiger partial charge in [0.2, 0.25) is 0 Å². The Morgan fingerprint density at radius 1 is 1.18 bits per heavy atom. The number of likely N-dealkylation sites (tertiary alicyclic amines) is 1. The molecule has 1 amide bonds. The molecule has 2 saturated heterocycles. The number of nitrogens with zero attached hydrogens (tertiary/aromatic N) is 5. The predicted molar refractivity (Wildman–Crippen MR) is 141 cm³/mol. The van der Waals surface area contributed by atoms with Gasteiger partial charge in [0, 0.05) is 49.1 Å². The van der Waals surface area contributed by atoms with E-state index in [1.165, 1.54) is 4.90 Å². The van der Waals surface area contributed by atoms with E-state index in [0.717, 1.165) is 24.0 Å². The summed E-state index contributed by atoms with van der Waals surface area (Å²) in [4.78, 5) is 17.1. The number of anilines is 1. The Balaban J connectivity index is 1.31. The lowest BCUT2D eigenvalue weighted by Gasteiger charge is -2.42.